The molecule has 0 bridgehead atoms. The average Bonchev–Trinajstić information content (AvgIpc) is 2.64. The number of fused-ring (bicyclic) bond motifs is 3. The molecule has 0 saturated carbocycles. The topological polar surface area (TPSA) is 36.3 Å². The van der Waals surface area contributed by atoms with Crippen molar-refractivity contribution in [3.05, 3.63) is 59.7 Å². The van der Waals surface area contributed by atoms with Crippen molar-refractivity contribution in [2.45, 2.75) is 20.0 Å². The van der Waals surface area contributed by atoms with Crippen LogP contribution in [0.3, 0.4) is 0 Å². The first-order chi connectivity index (χ1) is 9.79. The van der Waals surface area contributed by atoms with E-state index in [2.05, 4.69) is 48.5 Å². The molecule has 0 atom stereocenters. The summed E-state index contributed by atoms with van der Waals surface area (Å²) in [6.07, 6.45) is 0. The van der Waals surface area contributed by atoms with E-state index in [1.807, 2.05) is 11.8 Å². The molecule has 3 heteroatoms. The standard InChI is InChI=1S/C17H18N2O/c1-2-20-17(18)19-11-13-7-3-5-9-15(13)16-10-6-4-8-14(16)12-19/h3-10,18H,2,11-12H2,1H3. The van der Waals surface area contributed by atoms with Crippen LogP contribution in [0.1, 0.15) is 18.1 Å². The normalized spacial score (nSPS) is 13.2. The molecule has 0 saturated heterocycles. The lowest BCUT2D eigenvalue weighted by Crippen LogP contribution is -2.30. The van der Waals surface area contributed by atoms with Gasteiger partial charge in [-0.2, -0.15) is 0 Å². The minimum Gasteiger partial charge on any atom is -0.466 e. The number of nitrogens with one attached hydrogen (secondary N) is 1. The Morgan fingerprint density at radius 3 is 2.00 bits per heavy atom. The largest absolute Gasteiger partial charge is 0.466 e. The molecule has 1 N–H and O–H groups in total. The van der Waals surface area contributed by atoms with Crippen molar-refractivity contribution in [3.8, 4) is 11.1 Å². The fourth-order valence-electron chi connectivity index (χ4n) is 2.68. The summed E-state index contributed by atoms with van der Waals surface area (Å²) < 4.78 is 5.38. The van der Waals surface area contributed by atoms with Gasteiger partial charge in [0.05, 0.1) is 6.61 Å². The highest BCUT2D eigenvalue weighted by atomic mass is 16.5. The summed E-state index contributed by atoms with van der Waals surface area (Å²) in [7, 11) is 0. The molecule has 3 rings (SSSR count). The summed E-state index contributed by atoms with van der Waals surface area (Å²) in [5.74, 6) is 0. The van der Waals surface area contributed by atoms with Gasteiger partial charge < -0.3 is 9.64 Å². The molecule has 0 spiro atoms. The molecule has 3 nitrogen and oxygen atoms in total. The highest BCUT2D eigenvalue weighted by molar-refractivity contribution is 5.76. The number of nitrogens with zero attached hydrogens (tertiary/aromatic N) is 1. The molecule has 0 aliphatic carbocycles. The van der Waals surface area contributed by atoms with Gasteiger partial charge in [0.15, 0.2) is 0 Å². The maximum Gasteiger partial charge on any atom is 0.284 e. The SMILES string of the molecule is CCOC(=N)N1Cc2ccccc2-c2ccccc2C1. The average molecular weight is 266 g/mol. The Kier molecular flexibility index (Phi) is 3.42. The fourth-order valence-corrected chi connectivity index (χ4v) is 2.68. The molecule has 0 amide bonds. The number of ether oxygens (including phenoxy) is 1. The molecule has 1 heterocycles. The lowest BCUT2D eigenvalue weighted by atomic mass is 9.97. The van der Waals surface area contributed by atoms with E-state index < -0.39 is 0 Å². The molecule has 20 heavy (non-hydrogen) atoms. The van der Waals surface area contributed by atoms with E-state index >= 15 is 0 Å². The Labute approximate surface area is 119 Å². The lowest BCUT2D eigenvalue weighted by Gasteiger charge is -2.23. The first-order valence-corrected chi connectivity index (χ1v) is 6.92. The molecule has 1 aliphatic heterocycles. The van der Waals surface area contributed by atoms with E-state index in [1.165, 1.54) is 22.3 Å². The van der Waals surface area contributed by atoms with Crippen LogP contribution < -0.4 is 0 Å². The molecule has 2 aromatic rings. The molecule has 102 valence electrons. The number of amidine groups is 1. The van der Waals surface area contributed by atoms with E-state index in [-0.39, 0.29) is 6.02 Å². The first kappa shape index (κ1) is 12.7. The van der Waals surface area contributed by atoms with Crippen LogP contribution in [-0.2, 0) is 17.8 Å². The van der Waals surface area contributed by atoms with Gasteiger partial charge in [-0.1, -0.05) is 48.5 Å². The van der Waals surface area contributed by atoms with E-state index in [0.29, 0.717) is 19.7 Å². The molecular weight excluding hydrogens is 248 g/mol. The molecule has 0 radical (unpaired) electrons. The number of hydrogen-bond donors (Lipinski definition) is 1. The molecule has 0 unspecified atom stereocenters. The lowest BCUT2D eigenvalue weighted by molar-refractivity contribution is 0.231. The van der Waals surface area contributed by atoms with Crippen molar-refractivity contribution in [1.82, 2.24) is 4.90 Å². The first-order valence-electron chi connectivity index (χ1n) is 6.92. The monoisotopic (exact) mass is 266 g/mol. The van der Waals surface area contributed by atoms with E-state index in [0.717, 1.165) is 0 Å². The Balaban J connectivity index is 2.07. The van der Waals surface area contributed by atoms with E-state index in [4.69, 9.17) is 10.1 Å². The second-order valence-corrected chi connectivity index (χ2v) is 4.91. The third-order valence-corrected chi connectivity index (χ3v) is 3.62. The predicted molar refractivity (Wildman–Crippen MR) is 80.5 cm³/mol. The van der Waals surface area contributed by atoms with Crippen molar-refractivity contribution in [2.75, 3.05) is 6.61 Å². The van der Waals surface area contributed by atoms with Crippen LogP contribution in [0.2, 0.25) is 0 Å². The van der Waals surface area contributed by atoms with Crippen molar-refractivity contribution in [3.63, 3.8) is 0 Å². The van der Waals surface area contributed by atoms with Crippen molar-refractivity contribution in [2.24, 2.45) is 0 Å². The predicted octanol–water partition coefficient (Wildman–Crippen LogP) is 3.64. The smallest absolute Gasteiger partial charge is 0.284 e. The van der Waals surface area contributed by atoms with Gasteiger partial charge in [0.25, 0.3) is 6.02 Å². The summed E-state index contributed by atoms with van der Waals surface area (Å²) in [5.41, 5.74) is 4.99. The van der Waals surface area contributed by atoms with Gasteiger partial charge in [0, 0.05) is 13.1 Å². The van der Waals surface area contributed by atoms with E-state index in [1.54, 1.807) is 0 Å². The van der Waals surface area contributed by atoms with Gasteiger partial charge in [-0.05, 0) is 29.2 Å². The van der Waals surface area contributed by atoms with Gasteiger partial charge in [-0.25, -0.2) is 0 Å². The summed E-state index contributed by atoms with van der Waals surface area (Å²) >= 11 is 0. The van der Waals surface area contributed by atoms with Crippen LogP contribution in [0.5, 0.6) is 0 Å². The second kappa shape index (κ2) is 5.37. The number of benzene rings is 2. The summed E-state index contributed by atoms with van der Waals surface area (Å²) in [6.45, 7) is 3.86. The van der Waals surface area contributed by atoms with Crippen LogP contribution in [0, 0.1) is 5.41 Å². The minimum atomic E-state index is 0.249. The molecular formula is C17H18N2O. The molecule has 0 aromatic heterocycles. The summed E-state index contributed by atoms with van der Waals surface area (Å²) in [4.78, 5) is 1.98. The fraction of sp³-hybridized carbons (Fsp3) is 0.235. The van der Waals surface area contributed by atoms with Gasteiger partial charge in [0.2, 0.25) is 0 Å². The van der Waals surface area contributed by atoms with Gasteiger partial charge in [-0.15, -0.1) is 0 Å². The maximum absolute atomic E-state index is 8.07. The summed E-state index contributed by atoms with van der Waals surface area (Å²) in [6, 6.07) is 17.1. The maximum atomic E-state index is 8.07. The van der Waals surface area contributed by atoms with Crippen LogP contribution in [0.15, 0.2) is 48.5 Å². The number of rotatable bonds is 1. The van der Waals surface area contributed by atoms with E-state index in [9.17, 15) is 0 Å². The van der Waals surface area contributed by atoms with Crippen molar-refractivity contribution < 1.29 is 4.74 Å². The van der Waals surface area contributed by atoms with Gasteiger partial charge in [-0.3, -0.25) is 5.41 Å². The van der Waals surface area contributed by atoms with Crippen LogP contribution >= 0.6 is 0 Å². The minimum absolute atomic E-state index is 0.249. The van der Waals surface area contributed by atoms with Gasteiger partial charge >= 0.3 is 0 Å². The zero-order valence-corrected chi connectivity index (χ0v) is 11.6. The Morgan fingerprint density at radius 2 is 1.50 bits per heavy atom. The zero-order chi connectivity index (χ0) is 13.9. The van der Waals surface area contributed by atoms with Gasteiger partial charge in [0.1, 0.15) is 0 Å². The van der Waals surface area contributed by atoms with Crippen LogP contribution in [-0.4, -0.2) is 17.5 Å². The molecule has 0 fully saturated rings. The molecule has 1 aliphatic rings. The van der Waals surface area contributed by atoms with Crippen LogP contribution in [0.25, 0.3) is 11.1 Å². The highest BCUT2D eigenvalue weighted by Crippen LogP contribution is 2.32. The highest BCUT2D eigenvalue weighted by Gasteiger charge is 2.20. The Hall–Kier alpha value is -2.29. The zero-order valence-electron chi connectivity index (χ0n) is 11.6. The quantitative estimate of drug-likeness (QED) is 0.632. The molecule has 2 aromatic carbocycles. The van der Waals surface area contributed by atoms with Crippen LogP contribution in [0.4, 0.5) is 0 Å². The van der Waals surface area contributed by atoms with Crippen molar-refractivity contribution >= 4 is 6.02 Å². The van der Waals surface area contributed by atoms with Crippen molar-refractivity contribution in [1.29, 1.82) is 5.41 Å². The third-order valence-electron chi connectivity index (χ3n) is 3.62. The summed E-state index contributed by atoms with van der Waals surface area (Å²) in [5, 5.41) is 8.07. The third kappa shape index (κ3) is 2.27. The number of hydrogen-bond acceptors (Lipinski definition) is 2. The Morgan fingerprint density at radius 1 is 1.00 bits per heavy atom. The Bertz CT molecular complexity index is 589. The second-order valence-electron chi connectivity index (χ2n) is 4.91.